The number of rotatable bonds is 4. The first-order chi connectivity index (χ1) is 8.85. The third-order valence-corrected chi connectivity index (χ3v) is 2.87. The topological polar surface area (TPSA) is 40.9 Å². The third kappa shape index (κ3) is 2.64. The molecule has 18 heavy (non-hydrogen) atoms. The lowest BCUT2D eigenvalue weighted by Gasteiger charge is -2.08. The molecule has 0 bridgehead atoms. The molecule has 0 aliphatic rings. The maximum Gasteiger partial charge on any atom is 0.120 e. The number of carbonyl (C=O) groups is 1. The van der Waals surface area contributed by atoms with Gasteiger partial charge in [-0.25, -0.2) is 0 Å². The Morgan fingerprint density at radius 3 is 2.44 bits per heavy atom. The fourth-order valence-electron chi connectivity index (χ4n) is 1.96. The number of carbonyl (C=O) groups excluding carboxylic acids is 1. The van der Waals surface area contributed by atoms with Crippen LogP contribution in [0.2, 0.25) is 0 Å². The van der Waals surface area contributed by atoms with Crippen LogP contribution in [0.15, 0.2) is 48.5 Å². The van der Waals surface area contributed by atoms with Gasteiger partial charge in [0, 0.05) is 6.42 Å². The van der Waals surface area contributed by atoms with E-state index in [1.165, 1.54) is 0 Å². The monoisotopic (exact) mass is 235 g/mol. The van der Waals surface area contributed by atoms with E-state index in [2.05, 4.69) is 6.07 Å². The summed E-state index contributed by atoms with van der Waals surface area (Å²) < 4.78 is 0. The van der Waals surface area contributed by atoms with Crippen molar-refractivity contribution in [3.8, 4) is 17.2 Å². The Morgan fingerprint density at radius 1 is 1.06 bits per heavy atom. The zero-order valence-corrected chi connectivity index (χ0v) is 9.97. The van der Waals surface area contributed by atoms with Crippen molar-refractivity contribution in [3.05, 3.63) is 59.7 Å². The molecule has 2 heteroatoms. The highest BCUT2D eigenvalue weighted by atomic mass is 16.1. The van der Waals surface area contributed by atoms with Crippen LogP contribution in [0.3, 0.4) is 0 Å². The van der Waals surface area contributed by atoms with E-state index in [9.17, 15) is 4.79 Å². The van der Waals surface area contributed by atoms with Crippen molar-refractivity contribution in [1.82, 2.24) is 0 Å². The number of aldehydes is 1. The molecule has 0 saturated heterocycles. The van der Waals surface area contributed by atoms with E-state index in [0.29, 0.717) is 12.0 Å². The molecule has 0 heterocycles. The highest BCUT2D eigenvalue weighted by Gasteiger charge is 2.04. The molecule has 0 aromatic heterocycles. The van der Waals surface area contributed by atoms with Gasteiger partial charge in [0.05, 0.1) is 11.6 Å². The van der Waals surface area contributed by atoms with Gasteiger partial charge >= 0.3 is 0 Å². The number of benzene rings is 2. The number of hydrogen-bond donors (Lipinski definition) is 0. The summed E-state index contributed by atoms with van der Waals surface area (Å²) in [7, 11) is 0. The highest BCUT2D eigenvalue weighted by molar-refractivity contribution is 5.68. The molecule has 0 N–H and O–H groups in total. The van der Waals surface area contributed by atoms with Gasteiger partial charge in [0.2, 0.25) is 0 Å². The van der Waals surface area contributed by atoms with Gasteiger partial charge in [0.25, 0.3) is 0 Å². The number of nitrogens with zero attached hydrogens (tertiary/aromatic N) is 1. The number of nitriles is 1. The van der Waals surface area contributed by atoms with Crippen molar-refractivity contribution >= 4 is 6.29 Å². The molecule has 0 atom stereocenters. The molecular weight excluding hydrogens is 222 g/mol. The highest BCUT2D eigenvalue weighted by Crippen LogP contribution is 2.24. The third-order valence-electron chi connectivity index (χ3n) is 2.87. The van der Waals surface area contributed by atoms with Crippen LogP contribution >= 0.6 is 0 Å². The quantitative estimate of drug-likeness (QED) is 0.762. The largest absolute Gasteiger partial charge is 0.303 e. The predicted molar refractivity (Wildman–Crippen MR) is 71.0 cm³/mol. The van der Waals surface area contributed by atoms with Crippen molar-refractivity contribution < 1.29 is 4.79 Å². The Morgan fingerprint density at radius 2 is 1.78 bits per heavy atom. The standard InChI is InChI=1S/C16H13NO/c17-12-13-7-9-15(10-8-13)16-6-2-1-4-14(16)5-3-11-18/h1-2,4,6-11H,3,5H2. The van der Waals surface area contributed by atoms with Crippen molar-refractivity contribution in [2.75, 3.05) is 0 Å². The summed E-state index contributed by atoms with van der Waals surface area (Å²) in [6, 6.07) is 17.7. The molecule has 0 spiro atoms. The SMILES string of the molecule is N#Cc1ccc(-c2ccccc2CCC=O)cc1. The van der Waals surface area contributed by atoms with Crippen LogP contribution in [0, 0.1) is 11.3 Å². The van der Waals surface area contributed by atoms with Gasteiger partial charge in [-0.05, 0) is 35.2 Å². The van der Waals surface area contributed by atoms with Gasteiger partial charge in [0.15, 0.2) is 0 Å². The Bertz CT molecular complexity index is 579. The maximum absolute atomic E-state index is 10.5. The second-order valence-corrected chi connectivity index (χ2v) is 4.05. The van der Waals surface area contributed by atoms with E-state index in [1.54, 1.807) is 0 Å². The smallest absolute Gasteiger partial charge is 0.120 e. The number of hydrogen-bond acceptors (Lipinski definition) is 2. The molecule has 0 radical (unpaired) electrons. The number of aryl methyl sites for hydroxylation is 1. The van der Waals surface area contributed by atoms with E-state index in [4.69, 9.17) is 5.26 Å². The molecule has 2 aromatic rings. The van der Waals surface area contributed by atoms with Gasteiger partial charge < -0.3 is 4.79 Å². The van der Waals surface area contributed by atoms with E-state index < -0.39 is 0 Å². The minimum absolute atomic E-state index is 0.535. The van der Waals surface area contributed by atoms with Crippen LogP contribution in [-0.2, 0) is 11.2 Å². The van der Waals surface area contributed by atoms with Crippen LogP contribution in [0.5, 0.6) is 0 Å². The van der Waals surface area contributed by atoms with Gasteiger partial charge in [-0.15, -0.1) is 0 Å². The molecule has 2 nitrogen and oxygen atoms in total. The van der Waals surface area contributed by atoms with Gasteiger partial charge in [-0.3, -0.25) is 0 Å². The van der Waals surface area contributed by atoms with Crippen LogP contribution in [0.25, 0.3) is 11.1 Å². The van der Waals surface area contributed by atoms with Crippen LogP contribution < -0.4 is 0 Å². The Labute approximate surface area is 107 Å². The molecule has 2 rings (SSSR count). The first-order valence-corrected chi connectivity index (χ1v) is 5.87. The Kier molecular flexibility index (Phi) is 3.88. The molecule has 0 aliphatic carbocycles. The zero-order valence-electron chi connectivity index (χ0n) is 9.97. The average Bonchev–Trinajstić information content (AvgIpc) is 2.45. The molecule has 0 unspecified atom stereocenters. The second kappa shape index (κ2) is 5.79. The average molecular weight is 235 g/mol. The van der Waals surface area contributed by atoms with Crippen LogP contribution in [0.4, 0.5) is 0 Å². The lowest BCUT2D eigenvalue weighted by atomic mass is 9.96. The molecule has 0 amide bonds. The summed E-state index contributed by atoms with van der Waals surface area (Å²) in [5.41, 5.74) is 4.03. The van der Waals surface area contributed by atoms with E-state index in [-0.39, 0.29) is 0 Å². The summed E-state index contributed by atoms with van der Waals surface area (Å²) in [5, 5.41) is 8.78. The molecule has 0 fully saturated rings. The van der Waals surface area contributed by atoms with E-state index in [0.717, 1.165) is 29.4 Å². The first-order valence-electron chi connectivity index (χ1n) is 5.87. The lowest BCUT2D eigenvalue weighted by Crippen LogP contribution is -1.91. The summed E-state index contributed by atoms with van der Waals surface area (Å²) in [5.74, 6) is 0. The normalized spacial score (nSPS) is 9.72. The lowest BCUT2D eigenvalue weighted by molar-refractivity contribution is -0.107. The van der Waals surface area contributed by atoms with Crippen molar-refractivity contribution in [2.24, 2.45) is 0 Å². The fraction of sp³-hybridized carbons (Fsp3) is 0.125. The molecule has 2 aromatic carbocycles. The Hall–Kier alpha value is -2.40. The molecular formula is C16H13NO. The summed E-state index contributed by atoms with van der Waals surface area (Å²) >= 11 is 0. The first kappa shape index (κ1) is 12.1. The summed E-state index contributed by atoms with van der Waals surface area (Å²) in [6.45, 7) is 0. The molecule has 0 aliphatic heterocycles. The zero-order chi connectivity index (χ0) is 12.8. The molecule has 0 saturated carbocycles. The second-order valence-electron chi connectivity index (χ2n) is 4.05. The summed E-state index contributed by atoms with van der Waals surface area (Å²) in [4.78, 5) is 10.5. The maximum atomic E-state index is 10.5. The van der Waals surface area contributed by atoms with Crippen molar-refractivity contribution in [2.45, 2.75) is 12.8 Å². The van der Waals surface area contributed by atoms with E-state index >= 15 is 0 Å². The molecule has 88 valence electrons. The van der Waals surface area contributed by atoms with Crippen LogP contribution in [-0.4, -0.2) is 6.29 Å². The van der Waals surface area contributed by atoms with Crippen LogP contribution in [0.1, 0.15) is 17.5 Å². The van der Waals surface area contributed by atoms with Gasteiger partial charge in [0.1, 0.15) is 6.29 Å². The minimum Gasteiger partial charge on any atom is -0.303 e. The van der Waals surface area contributed by atoms with Crippen molar-refractivity contribution in [3.63, 3.8) is 0 Å². The predicted octanol–water partition coefficient (Wildman–Crippen LogP) is 3.36. The Balaban J connectivity index is 2.37. The van der Waals surface area contributed by atoms with E-state index in [1.807, 2.05) is 48.5 Å². The fourth-order valence-corrected chi connectivity index (χ4v) is 1.96. The summed E-state index contributed by atoms with van der Waals surface area (Å²) in [6.07, 6.45) is 2.22. The van der Waals surface area contributed by atoms with Gasteiger partial charge in [-0.2, -0.15) is 5.26 Å². The van der Waals surface area contributed by atoms with Gasteiger partial charge in [-0.1, -0.05) is 36.4 Å². The van der Waals surface area contributed by atoms with Crippen molar-refractivity contribution in [1.29, 1.82) is 5.26 Å². The minimum atomic E-state index is 0.535.